The van der Waals surface area contributed by atoms with E-state index in [0.29, 0.717) is 24.0 Å². The molecule has 16 heavy (non-hydrogen) atoms. The zero-order chi connectivity index (χ0) is 12.0. The molecule has 1 aromatic carbocycles. The number of rotatable bonds is 5. The maximum atomic E-state index is 11.2. The normalized spacial score (nSPS) is 10.2. The Bertz CT molecular complexity index is 351. The van der Waals surface area contributed by atoms with Crippen molar-refractivity contribution in [2.24, 2.45) is 11.7 Å². The number of para-hydroxylation sites is 2. The van der Waals surface area contributed by atoms with E-state index in [0.717, 1.165) is 0 Å². The number of hydrogen-bond acceptors (Lipinski definition) is 3. The fourth-order valence-corrected chi connectivity index (χ4v) is 1.15. The van der Waals surface area contributed by atoms with Crippen molar-refractivity contribution >= 4 is 11.6 Å². The molecule has 1 aromatic rings. The predicted molar refractivity (Wildman–Crippen MR) is 64.5 cm³/mol. The van der Waals surface area contributed by atoms with Gasteiger partial charge in [0.1, 0.15) is 5.75 Å². The molecule has 0 radical (unpaired) electrons. The Hall–Kier alpha value is -1.55. The molecule has 0 saturated heterocycles. The van der Waals surface area contributed by atoms with E-state index < -0.39 is 0 Å². The van der Waals surface area contributed by atoms with Gasteiger partial charge in [0.2, 0.25) is 5.91 Å². The summed E-state index contributed by atoms with van der Waals surface area (Å²) in [5.41, 5.74) is 5.90. The molecule has 0 fully saturated rings. The van der Waals surface area contributed by atoms with Crippen LogP contribution in [0.15, 0.2) is 24.3 Å². The van der Waals surface area contributed by atoms with Gasteiger partial charge in [0.05, 0.1) is 18.8 Å². The molecular weight excluding hydrogens is 204 g/mol. The van der Waals surface area contributed by atoms with E-state index in [9.17, 15) is 4.79 Å². The first-order valence-corrected chi connectivity index (χ1v) is 5.35. The van der Waals surface area contributed by atoms with Gasteiger partial charge in [0.25, 0.3) is 0 Å². The van der Waals surface area contributed by atoms with Crippen molar-refractivity contribution in [1.29, 1.82) is 0 Å². The summed E-state index contributed by atoms with van der Waals surface area (Å²) >= 11 is 0. The number of nitrogens with one attached hydrogen (secondary N) is 1. The van der Waals surface area contributed by atoms with E-state index in [1.165, 1.54) is 0 Å². The van der Waals surface area contributed by atoms with Crippen LogP contribution in [-0.2, 0) is 4.79 Å². The summed E-state index contributed by atoms with van der Waals surface area (Å²) < 4.78 is 5.59. The largest absolute Gasteiger partial charge is 0.491 e. The Balaban J connectivity index is 2.71. The van der Waals surface area contributed by atoms with Gasteiger partial charge in [-0.1, -0.05) is 26.0 Å². The molecule has 1 rings (SSSR count). The third-order valence-corrected chi connectivity index (χ3v) is 1.92. The molecule has 0 aromatic heterocycles. The fourth-order valence-electron chi connectivity index (χ4n) is 1.15. The Labute approximate surface area is 95.8 Å². The predicted octanol–water partition coefficient (Wildman–Crippen LogP) is 1.62. The van der Waals surface area contributed by atoms with Crippen LogP contribution >= 0.6 is 0 Å². The highest BCUT2D eigenvalue weighted by molar-refractivity contribution is 5.93. The van der Waals surface area contributed by atoms with Crippen molar-refractivity contribution in [2.45, 2.75) is 13.8 Å². The minimum Gasteiger partial charge on any atom is -0.491 e. The zero-order valence-corrected chi connectivity index (χ0v) is 9.69. The first-order valence-electron chi connectivity index (χ1n) is 5.35. The van der Waals surface area contributed by atoms with Crippen LogP contribution in [0.25, 0.3) is 0 Å². The lowest BCUT2D eigenvalue weighted by Gasteiger charge is -2.13. The number of amides is 1. The number of nitrogens with two attached hydrogens (primary N) is 1. The van der Waals surface area contributed by atoms with E-state index in [-0.39, 0.29) is 12.5 Å². The molecule has 0 atom stereocenters. The highest BCUT2D eigenvalue weighted by Crippen LogP contribution is 2.23. The van der Waals surface area contributed by atoms with Gasteiger partial charge in [-0.15, -0.1) is 0 Å². The number of hydrogen-bond donors (Lipinski definition) is 2. The zero-order valence-electron chi connectivity index (χ0n) is 9.69. The molecule has 0 spiro atoms. The molecule has 0 aliphatic carbocycles. The van der Waals surface area contributed by atoms with Gasteiger partial charge in [-0.2, -0.15) is 0 Å². The Morgan fingerprint density at radius 1 is 1.44 bits per heavy atom. The third kappa shape index (κ3) is 3.90. The van der Waals surface area contributed by atoms with Crippen LogP contribution < -0.4 is 15.8 Å². The van der Waals surface area contributed by atoms with Crippen LogP contribution in [0.2, 0.25) is 0 Å². The van der Waals surface area contributed by atoms with Crippen molar-refractivity contribution in [3.63, 3.8) is 0 Å². The number of carbonyl (C=O) groups is 1. The molecule has 0 aliphatic rings. The van der Waals surface area contributed by atoms with Crippen molar-refractivity contribution in [2.75, 3.05) is 18.5 Å². The topological polar surface area (TPSA) is 64.3 Å². The Morgan fingerprint density at radius 3 is 2.75 bits per heavy atom. The van der Waals surface area contributed by atoms with Gasteiger partial charge >= 0.3 is 0 Å². The lowest BCUT2D eigenvalue weighted by atomic mass is 10.2. The fraction of sp³-hybridized carbons (Fsp3) is 0.417. The van der Waals surface area contributed by atoms with Gasteiger partial charge in [-0.3, -0.25) is 4.79 Å². The number of benzene rings is 1. The highest BCUT2D eigenvalue weighted by Gasteiger charge is 2.06. The van der Waals surface area contributed by atoms with Crippen molar-refractivity contribution < 1.29 is 9.53 Å². The van der Waals surface area contributed by atoms with E-state index >= 15 is 0 Å². The smallest absolute Gasteiger partial charge is 0.238 e. The molecule has 0 bridgehead atoms. The van der Waals surface area contributed by atoms with E-state index in [1.807, 2.05) is 18.2 Å². The van der Waals surface area contributed by atoms with Crippen molar-refractivity contribution in [1.82, 2.24) is 0 Å². The third-order valence-electron chi connectivity index (χ3n) is 1.92. The standard InChI is InChI=1S/C12H18N2O2/c1-9(2)8-16-11-6-4-3-5-10(11)14-12(15)7-13/h3-6,9H,7-8,13H2,1-2H3,(H,14,15). The quantitative estimate of drug-likeness (QED) is 0.795. The van der Waals surface area contributed by atoms with E-state index in [4.69, 9.17) is 10.5 Å². The first kappa shape index (κ1) is 12.5. The van der Waals surface area contributed by atoms with Gasteiger partial charge in [0, 0.05) is 0 Å². The number of anilines is 1. The van der Waals surface area contributed by atoms with E-state index in [2.05, 4.69) is 19.2 Å². The SMILES string of the molecule is CC(C)COc1ccccc1NC(=O)CN. The maximum absolute atomic E-state index is 11.2. The summed E-state index contributed by atoms with van der Waals surface area (Å²) in [6, 6.07) is 7.33. The average Bonchev–Trinajstić information content (AvgIpc) is 2.27. The summed E-state index contributed by atoms with van der Waals surface area (Å²) in [6.45, 7) is 4.73. The second-order valence-electron chi connectivity index (χ2n) is 3.95. The summed E-state index contributed by atoms with van der Waals surface area (Å²) in [6.07, 6.45) is 0. The minimum atomic E-state index is -0.222. The minimum absolute atomic E-state index is 0.0293. The van der Waals surface area contributed by atoms with Crippen molar-refractivity contribution in [3.8, 4) is 5.75 Å². The molecule has 88 valence electrons. The van der Waals surface area contributed by atoms with Crippen LogP contribution in [-0.4, -0.2) is 19.1 Å². The van der Waals surface area contributed by atoms with Crippen LogP contribution in [0.4, 0.5) is 5.69 Å². The molecule has 4 nitrogen and oxygen atoms in total. The summed E-state index contributed by atoms with van der Waals surface area (Å²) in [5, 5.41) is 2.69. The molecule has 0 unspecified atom stereocenters. The van der Waals surface area contributed by atoms with Gasteiger partial charge in [0.15, 0.2) is 0 Å². The number of carbonyl (C=O) groups excluding carboxylic acids is 1. The van der Waals surface area contributed by atoms with Crippen LogP contribution in [0.3, 0.4) is 0 Å². The lowest BCUT2D eigenvalue weighted by molar-refractivity contribution is -0.114. The van der Waals surface area contributed by atoms with Crippen LogP contribution in [0, 0.1) is 5.92 Å². The van der Waals surface area contributed by atoms with Crippen LogP contribution in [0.5, 0.6) is 5.75 Å². The maximum Gasteiger partial charge on any atom is 0.238 e. The van der Waals surface area contributed by atoms with Gasteiger partial charge in [-0.05, 0) is 18.1 Å². The molecule has 3 N–H and O–H groups in total. The second kappa shape index (κ2) is 6.12. The lowest BCUT2D eigenvalue weighted by Crippen LogP contribution is -2.22. The molecule has 0 saturated carbocycles. The molecule has 0 heterocycles. The Kier molecular flexibility index (Phi) is 4.79. The summed E-state index contributed by atoms with van der Waals surface area (Å²) in [7, 11) is 0. The second-order valence-corrected chi connectivity index (χ2v) is 3.95. The van der Waals surface area contributed by atoms with Crippen molar-refractivity contribution in [3.05, 3.63) is 24.3 Å². The number of ether oxygens (including phenoxy) is 1. The van der Waals surface area contributed by atoms with Gasteiger partial charge in [-0.25, -0.2) is 0 Å². The highest BCUT2D eigenvalue weighted by atomic mass is 16.5. The Morgan fingerprint density at radius 2 is 2.12 bits per heavy atom. The molecule has 4 heteroatoms. The van der Waals surface area contributed by atoms with Gasteiger partial charge < -0.3 is 15.8 Å². The first-order chi connectivity index (χ1) is 7.63. The monoisotopic (exact) mass is 222 g/mol. The molecule has 1 amide bonds. The molecule has 0 aliphatic heterocycles. The van der Waals surface area contributed by atoms with Crippen LogP contribution in [0.1, 0.15) is 13.8 Å². The summed E-state index contributed by atoms with van der Waals surface area (Å²) in [4.78, 5) is 11.2. The molecular formula is C12H18N2O2. The summed E-state index contributed by atoms with van der Waals surface area (Å²) in [5.74, 6) is 0.900. The van der Waals surface area contributed by atoms with E-state index in [1.54, 1.807) is 6.07 Å². The average molecular weight is 222 g/mol.